The maximum absolute atomic E-state index is 8.81. The van der Waals surface area contributed by atoms with Crippen molar-refractivity contribution in [1.29, 1.82) is 0 Å². The zero-order valence-corrected chi connectivity index (χ0v) is 6.54. The summed E-state index contributed by atoms with van der Waals surface area (Å²) in [5.74, 6) is 0. The molecule has 0 aliphatic carbocycles. The number of aliphatic hydroxyl groups excluding tert-OH is 1. The highest BCUT2D eigenvalue weighted by Gasteiger charge is 2.19. The van der Waals surface area contributed by atoms with Crippen molar-refractivity contribution in [2.75, 3.05) is 13.1 Å². The summed E-state index contributed by atoms with van der Waals surface area (Å²) in [6.07, 6.45) is -0.319. The van der Waals surface area contributed by atoms with Crippen LogP contribution >= 0.6 is 24.8 Å². The lowest BCUT2D eigenvalue weighted by atomic mass is 10.2. The van der Waals surface area contributed by atoms with E-state index in [-0.39, 0.29) is 37.0 Å². The Morgan fingerprint density at radius 1 is 1.33 bits per heavy atom. The van der Waals surface area contributed by atoms with Crippen LogP contribution < -0.4 is 11.1 Å². The Kier molecular flexibility index (Phi) is 7.11. The van der Waals surface area contributed by atoms with Gasteiger partial charge in [0.2, 0.25) is 0 Å². The summed E-state index contributed by atoms with van der Waals surface area (Å²) in [7, 11) is 0. The first-order valence-electron chi connectivity index (χ1n) is 2.45. The van der Waals surface area contributed by atoms with Crippen molar-refractivity contribution < 1.29 is 5.11 Å². The fourth-order valence-electron chi connectivity index (χ4n) is 0.685. The van der Waals surface area contributed by atoms with Gasteiger partial charge in [0.1, 0.15) is 0 Å². The first-order valence-corrected chi connectivity index (χ1v) is 2.45. The highest BCUT2D eigenvalue weighted by molar-refractivity contribution is 5.85. The molecule has 9 heavy (non-hydrogen) atoms. The van der Waals surface area contributed by atoms with E-state index < -0.39 is 0 Å². The van der Waals surface area contributed by atoms with Gasteiger partial charge in [0.05, 0.1) is 6.10 Å². The number of nitrogens with one attached hydrogen (secondary N) is 1. The standard InChI is InChI=1S/C4H10N2O.2ClH/c5-3-1-6-2-4(3)7;;/h3-4,6-7H,1-2,5H2;2*1H/t3-,4+;;/m0../s1. The number of nitrogens with two attached hydrogens (primary N) is 1. The molecule has 1 aliphatic heterocycles. The first kappa shape index (κ1) is 12.2. The maximum atomic E-state index is 8.81. The SMILES string of the molecule is Cl.Cl.N[C@H]1CNC[C@H]1O. The Morgan fingerprint density at radius 2 is 1.89 bits per heavy atom. The molecule has 1 fully saturated rings. The van der Waals surface area contributed by atoms with Gasteiger partial charge in [-0.2, -0.15) is 0 Å². The van der Waals surface area contributed by atoms with Crippen molar-refractivity contribution >= 4 is 24.8 Å². The summed E-state index contributed by atoms with van der Waals surface area (Å²) in [6, 6.07) is -0.0417. The number of hydrogen-bond acceptors (Lipinski definition) is 3. The van der Waals surface area contributed by atoms with Crippen molar-refractivity contribution in [1.82, 2.24) is 5.32 Å². The Labute approximate surface area is 66.8 Å². The summed E-state index contributed by atoms with van der Waals surface area (Å²) >= 11 is 0. The summed E-state index contributed by atoms with van der Waals surface area (Å²) < 4.78 is 0. The largest absolute Gasteiger partial charge is 0.390 e. The number of rotatable bonds is 0. The molecule has 2 atom stereocenters. The van der Waals surface area contributed by atoms with E-state index in [1.165, 1.54) is 0 Å². The summed E-state index contributed by atoms with van der Waals surface area (Å²) in [4.78, 5) is 0. The molecule has 0 amide bonds. The lowest BCUT2D eigenvalue weighted by Crippen LogP contribution is -2.32. The Bertz CT molecular complexity index is 65.6. The molecule has 1 heterocycles. The van der Waals surface area contributed by atoms with Gasteiger partial charge in [0.25, 0.3) is 0 Å². The van der Waals surface area contributed by atoms with E-state index in [4.69, 9.17) is 10.8 Å². The topological polar surface area (TPSA) is 58.3 Å². The first-order chi connectivity index (χ1) is 3.30. The van der Waals surface area contributed by atoms with Gasteiger partial charge in [-0.05, 0) is 0 Å². The minimum Gasteiger partial charge on any atom is -0.390 e. The van der Waals surface area contributed by atoms with Crippen LogP contribution in [0.2, 0.25) is 0 Å². The Hall–Kier alpha value is 0.460. The van der Waals surface area contributed by atoms with Crippen LogP contribution in [0.25, 0.3) is 0 Å². The zero-order chi connectivity index (χ0) is 5.28. The molecule has 0 spiro atoms. The lowest BCUT2D eigenvalue weighted by molar-refractivity contribution is 0.179. The predicted molar refractivity (Wildman–Crippen MR) is 41.3 cm³/mol. The highest BCUT2D eigenvalue weighted by Crippen LogP contribution is 1.93. The molecule has 0 aromatic carbocycles. The maximum Gasteiger partial charge on any atom is 0.0827 e. The van der Waals surface area contributed by atoms with E-state index in [0.29, 0.717) is 6.54 Å². The molecule has 0 radical (unpaired) electrons. The second-order valence-corrected chi connectivity index (χ2v) is 1.89. The van der Waals surface area contributed by atoms with E-state index in [1.54, 1.807) is 0 Å². The molecule has 0 bridgehead atoms. The van der Waals surface area contributed by atoms with Crippen LogP contribution in [0.15, 0.2) is 0 Å². The molecule has 0 unspecified atom stereocenters. The predicted octanol–water partition coefficient (Wildman–Crippen LogP) is -0.879. The van der Waals surface area contributed by atoms with Crippen LogP contribution in [0.4, 0.5) is 0 Å². The van der Waals surface area contributed by atoms with E-state index in [1.807, 2.05) is 0 Å². The summed E-state index contributed by atoms with van der Waals surface area (Å²) in [5.41, 5.74) is 5.37. The van der Waals surface area contributed by atoms with Gasteiger partial charge < -0.3 is 16.2 Å². The highest BCUT2D eigenvalue weighted by atomic mass is 35.5. The van der Waals surface area contributed by atoms with Crippen LogP contribution in [-0.2, 0) is 0 Å². The van der Waals surface area contributed by atoms with Gasteiger partial charge in [-0.1, -0.05) is 0 Å². The van der Waals surface area contributed by atoms with Gasteiger partial charge >= 0.3 is 0 Å². The van der Waals surface area contributed by atoms with Crippen LogP contribution in [0.3, 0.4) is 0 Å². The van der Waals surface area contributed by atoms with Gasteiger partial charge in [-0.15, -0.1) is 24.8 Å². The van der Waals surface area contributed by atoms with Crippen molar-refractivity contribution in [3.8, 4) is 0 Å². The molecule has 58 valence electrons. The quantitative estimate of drug-likeness (QED) is 0.448. The van der Waals surface area contributed by atoms with Gasteiger partial charge in [0.15, 0.2) is 0 Å². The molecule has 0 saturated carbocycles. The zero-order valence-electron chi connectivity index (χ0n) is 4.91. The Balaban J connectivity index is 0. The van der Waals surface area contributed by atoms with Gasteiger partial charge in [-0.25, -0.2) is 0 Å². The molecule has 0 aromatic heterocycles. The second kappa shape index (κ2) is 5.26. The van der Waals surface area contributed by atoms with E-state index in [9.17, 15) is 0 Å². The number of halogens is 2. The average molecular weight is 175 g/mol. The number of aliphatic hydroxyl groups is 1. The third-order valence-corrected chi connectivity index (χ3v) is 1.23. The third kappa shape index (κ3) is 3.23. The van der Waals surface area contributed by atoms with Gasteiger partial charge in [-0.3, -0.25) is 0 Å². The fraction of sp³-hybridized carbons (Fsp3) is 1.00. The molecule has 1 rings (SSSR count). The molecule has 1 saturated heterocycles. The van der Waals surface area contributed by atoms with Gasteiger partial charge in [0, 0.05) is 19.1 Å². The van der Waals surface area contributed by atoms with Crippen molar-refractivity contribution in [2.24, 2.45) is 5.73 Å². The van der Waals surface area contributed by atoms with E-state index in [0.717, 1.165) is 6.54 Å². The lowest BCUT2D eigenvalue weighted by Gasteiger charge is -2.02. The average Bonchev–Trinajstić information content (AvgIpc) is 1.91. The van der Waals surface area contributed by atoms with Crippen molar-refractivity contribution in [2.45, 2.75) is 12.1 Å². The monoisotopic (exact) mass is 174 g/mol. The second-order valence-electron chi connectivity index (χ2n) is 1.89. The fourth-order valence-corrected chi connectivity index (χ4v) is 0.685. The van der Waals surface area contributed by atoms with Crippen LogP contribution in [-0.4, -0.2) is 30.3 Å². The Morgan fingerprint density at radius 3 is 2.00 bits per heavy atom. The minimum absolute atomic E-state index is 0. The molecule has 5 heteroatoms. The van der Waals surface area contributed by atoms with Crippen LogP contribution in [0.5, 0.6) is 0 Å². The van der Waals surface area contributed by atoms with Crippen LogP contribution in [0.1, 0.15) is 0 Å². The molecule has 1 aliphatic rings. The molecule has 3 nitrogen and oxygen atoms in total. The molecular weight excluding hydrogens is 163 g/mol. The summed E-state index contributed by atoms with van der Waals surface area (Å²) in [6.45, 7) is 1.41. The van der Waals surface area contributed by atoms with E-state index >= 15 is 0 Å². The summed E-state index contributed by atoms with van der Waals surface area (Å²) in [5, 5.41) is 11.8. The normalized spacial score (nSPS) is 32.7. The minimum atomic E-state index is -0.319. The molecule has 0 aromatic rings. The van der Waals surface area contributed by atoms with Crippen molar-refractivity contribution in [3.63, 3.8) is 0 Å². The van der Waals surface area contributed by atoms with Crippen molar-refractivity contribution in [3.05, 3.63) is 0 Å². The molecular formula is C4H12Cl2N2O. The number of hydrogen-bond donors (Lipinski definition) is 3. The third-order valence-electron chi connectivity index (χ3n) is 1.23. The molecule has 4 N–H and O–H groups in total. The smallest absolute Gasteiger partial charge is 0.0827 e. The van der Waals surface area contributed by atoms with E-state index in [2.05, 4.69) is 5.32 Å². The number of β-amino-alcohol motifs (C(OH)–C–C–N with tert-alkyl or cyclic N) is 1. The van der Waals surface area contributed by atoms with Crippen LogP contribution in [0, 0.1) is 0 Å².